The molecule has 0 aliphatic heterocycles. The number of carboxylic acids is 1. The van der Waals surface area contributed by atoms with Crippen molar-refractivity contribution in [2.75, 3.05) is 20.1 Å². The van der Waals surface area contributed by atoms with Crippen molar-refractivity contribution in [3.8, 4) is 0 Å². The standard InChI is InChI=1S/C12H20N2O3/c1-14(8-6-10-3-2-7-13-10)9-11(15)4-5-12(16)17/h2-3,7,11,13,15H,4-6,8-9H2,1H3,(H,16,17). The number of likely N-dealkylation sites (N-methyl/N-ethyl adjacent to an activating group) is 1. The Morgan fingerprint density at radius 2 is 2.35 bits per heavy atom. The zero-order valence-corrected chi connectivity index (χ0v) is 10.1. The Morgan fingerprint density at radius 3 is 2.94 bits per heavy atom. The molecular weight excluding hydrogens is 220 g/mol. The van der Waals surface area contributed by atoms with Gasteiger partial charge in [-0.1, -0.05) is 0 Å². The molecule has 0 bridgehead atoms. The molecule has 1 heterocycles. The number of rotatable bonds is 8. The molecule has 0 aliphatic carbocycles. The maximum atomic E-state index is 10.3. The molecule has 0 saturated heterocycles. The van der Waals surface area contributed by atoms with E-state index >= 15 is 0 Å². The quantitative estimate of drug-likeness (QED) is 0.625. The van der Waals surface area contributed by atoms with Crippen LogP contribution in [0.15, 0.2) is 18.3 Å². The summed E-state index contributed by atoms with van der Waals surface area (Å²) in [5, 5.41) is 18.1. The van der Waals surface area contributed by atoms with Gasteiger partial charge in [-0.2, -0.15) is 0 Å². The van der Waals surface area contributed by atoms with Gasteiger partial charge in [0.15, 0.2) is 0 Å². The Labute approximate surface area is 101 Å². The van der Waals surface area contributed by atoms with E-state index in [1.54, 1.807) is 0 Å². The molecule has 1 aromatic rings. The van der Waals surface area contributed by atoms with E-state index in [0.717, 1.165) is 18.7 Å². The highest BCUT2D eigenvalue weighted by atomic mass is 16.4. The van der Waals surface area contributed by atoms with Crippen molar-refractivity contribution in [3.05, 3.63) is 24.0 Å². The number of hydrogen-bond acceptors (Lipinski definition) is 3. The molecule has 5 heteroatoms. The fourth-order valence-electron chi connectivity index (χ4n) is 1.67. The van der Waals surface area contributed by atoms with Gasteiger partial charge in [-0.15, -0.1) is 0 Å². The van der Waals surface area contributed by atoms with Gasteiger partial charge in [0.05, 0.1) is 6.10 Å². The SMILES string of the molecule is CN(CCc1ccc[nH]1)CC(O)CCC(=O)O. The van der Waals surface area contributed by atoms with Gasteiger partial charge in [-0.3, -0.25) is 4.79 Å². The highest BCUT2D eigenvalue weighted by Gasteiger charge is 2.10. The monoisotopic (exact) mass is 240 g/mol. The fraction of sp³-hybridized carbons (Fsp3) is 0.583. The van der Waals surface area contributed by atoms with Gasteiger partial charge in [0.2, 0.25) is 0 Å². The highest BCUT2D eigenvalue weighted by Crippen LogP contribution is 2.01. The van der Waals surface area contributed by atoms with Crippen LogP contribution in [0.4, 0.5) is 0 Å². The molecule has 5 nitrogen and oxygen atoms in total. The first-order valence-corrected chi connectivity index (χ1v) is 5.78. The first-order chi connectivity index (χ1) is 8.08. The van der Waals surface area contributed by atoms with E-state index in [4.69, 9.17) is 5.11 Å². The minimum atomic E-state index is -0.863. The van der Waals surface area contributed by atoms with Gasteiger partial charge in [-0.05, 0) is 25.6 Å². The van der Waals surface area contributed by atoms with E-state index in [1.165, 1.54) is 0 Å². The van der Waals surface area contributed by atoms with Crippen LogP contribution in [-0.2, 0) is 11.2 Å². The maximum absolute atomic E-state index is 10.3. The van der Waals surface area contributed by atoms with E-state index in [9.17, 15) is 9.90 Å². The van der Waals surface area contributed by atoms with Gasteiger partial charge in [0.1, 0.15) is 0 Å². The second-order valence-corrected chi connectivity index (χ2v) is 4.29. The summed E-state index contributed by atoms with van der Waals surface area (Å²) in [6.45, 7) is 1.35. The van der Waals surface area contributed by atoms with E-state index < -0.39 is 12.1 Å². The summed E-state index contributed by atoms with van der Waals surface area (Å²) in [4.78, 5) is 15.5. The van der Waals surface area contributed by atoms with Crippen molar-refractivity contribution >= 4 is 5.97 Å². The molecule has 0 saturated carbocycles. The summed E-state index contributed by atoms with van der Waals surface area (Å²) in [6, 6.07) is 3.98. The van der Waals surface area contributed by atoms with Crippen molar-refractivity contribution < 1.29 is 15.0 Å². The van der Waals surface area contributed by atoms with Crippen LogP contribution in [0, 0.1) is 0 Å². The largest absolute Gasteiger partial charge is 0.481 e. The Bertz CT molecular complexity index is 325. The zero-order valence-electron chi connectivity index (χ0n) is 10.1. The van der Waals surface area contributed by atoms with Gasteiger partial charge < -0.3 is 20.1 Å². The van der Waals surface area contributed by atoms with Crippen molar-refractivity contribution in [1.29, 1.82) is 0 Å². The fourth-order valence-corrected chi connectivity index (χ4v) is 1.67. The summed E-state index contributed by atoms with van der Waals surface area (Å²) in [5.41, 5.74) is 1.16. The summed E-state index contributed by atoms with van der Waals surface area (Å²) in [7, 11) is 1.92. The van der Waals surface area contributed by atoms with E-state index in [0.29, 0.717) is 13.0 Å². The second-order valence-electron chi connectivity index (χ2n) is 4.29. The number of aromatic amines is 1. The maximum Gasteiger partial charge on any atom is 0.303 e. The van der Waals surface area contributed by atoms with Crippen molar-refractivity contribution in [2.24, 2.45) is 0 Å². The third kappa shape index (κ3) is 6.09. The van der Waals surface area contributed by atoms with Crippen LogP contribution in [0.3, 0.4) is 0 Å². The minimum absolute atomic E-state index is 0.0195. The number of carboxylic acid groups (broad SMARTS) is 1. The van der Waals surface area contributed by atoms with Crippen LogP contribution in [-0.4, -0.2) is 52.3 Å². The van der Waals surface area contributed by atoms with Crippen molar-refractivity contribution in [2.45, 2.75) is 25.4 Å². The average molecular weight is 240 g/mol. The molecule has 1 rings (SSSR count). The van der Waals surface area contributed by atoms with Crippen LogP contribution in [0.5, 0.6) is 0 Å². The molecule has 0 fully saturated rings. The molecule has 96 valence electrons. The number of aromatic nitrogens is 1. The zero-order chi connectivity index (χ0) is 12.7. The third-order valence-electron chi connectivity index (χ3n) is 2.64. The summed E-state index contributed by atoms with van der Waals surface area (Å²) < 4.78 is 0. The Balaban J connectivity index is 2.15. The Hall–Kier alpha value is -1.33. The van der Waals surface area contributed by atoms with Crippen LogP contribution in [0.2, 0.25) is 0 Å². The minimum Gasteiger partial charge on any atom is -0.481 e. The lowest BCUT2D eigenvalue weighted by Gasteiger charge is -2.19. The summed E-state index contributed by atoms with van der Waals surface area (Å²) >= 11 is 0. The molecule has 1 atom stereocenters. The van der Waals surface area contributed by atoms with Crippen LogP contribution < -0.4 is 0 Å². The van der Waals surface area contributed by atoms with Gasteiger partial charge in [0, 0.05) is 37.8 Å². The second kappa shape index (κ2) is 7.09. The lowest BCUT2D eigenvalue weighted by molar-refractivity contribution is -0.137. The predicted octanol–water partition coefficient (Wildman–Crippen LogP) is 0.715. The molecule has 0 radical (unpaired) electrons. The molecule has 1 unspecified atom stereocenters. The topological polar surface area (TPSA) is 76.6 Å². The molecule has 1 aromatic heterocycles. The number of aliphatic hydroxyl groups excluding tert-OH is 1. The van der Waals surface area contributed by atoms with Gasteiger partial charge in [-0.25, -0.2) is 0 Å². The van der Waals surface area contributed by atoms with E-state index in [1.807, 2.05) is 30.3 Å². The van der Waals surface area contributed by atoms with Gasteiger partial charge >= 0.3 is 5.97 Å². The number of hydrogen-bond donors (Lipinski definition) is 3. The summed E-state index contributed by atoms with van der Waals surface area (Å²) in [6.07, 6.45) is 2.54. The molecule has 3 N–H and O–H groups in total. The number of nitrogens with one attached hydrogen (secondary N) is 1. The summed E-state index contributed by atoms with van der Waals surface area (Å²) in [5.74, 6) is -0.863. The average Bonchev–Trinajstić information content (AvgIpc) is 2.76. The van der Waals surface area contributed by atoms with Gasteiger partial charge in [0.25, 0.3) is 0 Å². The van der Waals surface area contributed by atoms with E-state index in [-0.39, 0.29) is 6.42 Å². The smallest absolute Gasteiger partial charge is 0.303 e. The molecular formula is C12H20N2O3. The molecule has 0 spiro atoms. The Morgan fingerprint density at radius 1 is 1.59 bits per heavy atom. The number of aliphatic carboxylic acids is 1. The van der Waals surface area contributed by atoms with Crippen LogP contribution in [0.1, 0.15) is 18.5 Å². The number of aliphatic hydroxyl groups is 1. The normalized spacial score (nSPS) is 12.9. The van der Waals surface area contributed by atoms with E-state index in [2.05, 4.69) is 4.98 Å². The molecule has 0 aromatic carbocycles. The highest BCUT2D eigenvalue weighted by molar-refractivity contribution is 5.66. The van der Waals surface area contributed by atoms with Crippen LogP contribution >= 0.6 is 0 Å². The van der Waals surface area contributed by atoms with Crippen LogP contribution in [0.25, 0.3) is 0 Å². The third-order valence-corrected chi connectivity index (χ3v) is 2.64. The van der Waals surface area contributed by atoms with Crippen molar-refractivity contribution in [3.63, 3.8) is 0 Å². The lowest BCUT2D eigenvalue weighted by atomic mass is 10.2. The first-order valence-electron chi connectivity index (χ1n) is 5.78. The molecule has 0 amide bonds. The molecule has 0 aliphatic rings. The number of H-pyrrole nitrogens is 1. The molecule has 17 heavy (non-hydrogen) atoms. The predicted molar refractivity (Wildman–Crippen MR) is 64.9 cm³/mol. The number of nitrogens with zero attached hydrogens (tertiary/aromatic N) is 1. The lowest BCUT2D eigenvalue weighted by Crippen LogP contribution is -2.31. The number of carbonyl (C=O) groups is 1. The van der Waals surface area contributed by atoms with Crippen molar-refractivity contribution in [1.82, 2.24) is 9.88 Å². The first kappa shape index (κ1) is 13.7. The Kier molecular flexibility index (Phi) is 5.72.